The summed E-state index contributed by atoms with van der Waals surface area (Å²) in [7, 11) is 0. The van der Waals surface area contributed by atoms with E-state index in [4.69, 9.17) is 4.74 Å². The van der Waals surface area contributed by atoms with Gasteiger partial charge in [-0.05, 0) is 44.1 Å². The third-order valence-corrected chi connectivity index (χ3v) is 4.62. The highest BCUT2D eigenvalue weighted by Gasteiger charge is 2.35. The first-order valence-electron chi connectivity index (χ1n) is 7.63. The third-order valence-electron chi connectivity index (χ3n) is 4.62. The van der Waals surface area contributed by atoms with Crippen LogP contribution in [0.2, 0.25) is 0 Å². The standard InChI is InChI=1S/C15H29NO/c1-3-9-16-11-14-8-10-17-15(14)13-6-4-12(2)5-7-13/h12-16H,3-11H2,1-2H3. The van der Waals surface area contributed by atoms with Gasteiger partial charge in [0.05, 0.1) is 6.10 Å². The van der Waals surface area contributed by atoms with Crippen molar-refractivity contribution in [3.05, 3.63) is 0 Å². The van der Waals surface area contributed by atoms with Crippen molar-refractivity contribution in [2.45, 2.75) is 58.5 Å². The van der Waals surface area contributed by atoms with Gasteiger partial charge in [-0.1, -0.05) is 26.7 Å². The predicted molar refractivity (Wildman–Crippen MR) is 72.1 cm³/mol. The summed E-state index contributed by atoms with van der Waals surface area (Å²) < 4.78 is 6.03. The number of hydrogen-bond acceptors (Lipinski definition) is 2. The number of rotatable bonds is 5. The molecule has 2 unspecified atom stereocenters. The van der Waals surface area contributed by atoms with Crippen LogP contribution in [0.25, 0.3) is 0 Å². The predicted octanol–water partition coefficient (Wildman–Crippen LogP) is 3.22. The fraction of sp³-hybridized carbons (Fsp3) is 1.00. The van der Waals surface area contributed by atoms with Gasteiger partial charge in [-0.2, -0.15) is 0 Å². The van der Waals surface area contributed by atoms with E-state index < -0.39 is 0 Å². The average Bonchev–Trinajstić information content (AvgIpc) is 2.79. The summed E-state index contributed by atoms with van der Waals surface area (Å²) in [5.41, 5.74) is 0. The normalized spacial score (nSPS) is 38.5. The molecular formula is C15H29NO. The molecular weight excluding hydrogens is 210 g/mol. The van der Waals surface area contributed by atoms with E-state index in [1.807, 2.05) is 0 Å². The van der Waals surface area contributed by atoms with Crippen molar-refractivity contribution in [1.29, 1.82) is 0 Å². The molecule has 1 heterocycles. The molecule has 2 nitrogen and oxygen atoms in total. The molecule has 100 valence electrons. The van der Waals surface area contributed by atoms with Crippen LogP contribution in [0.5, 0.6) is 0 Å². The number of hydrogen-bond donors (Lipinski definition) is 1. The van der Waals surface area contributed by atoms with E-state index in [9.17, 15) is 0 Å². The highest BCUT2D eigenvalue weighted by molar-refractivity contribution is 4.86. The van der Waals surface area contributed by atoms with E-state index >= 15 is 0 Å². The Morgan fingerprint density at radius 3 is 2.59 bits per heavy atom. The van der Waals surface area contributed by atoms with Crippen LogP contribution in [-0.2, 0) is 4.74 Å². The number of ether oxygens (including phenoxy) is 1. The number of nitrogens with one attached hydrogen (secondary N) is 1. The first kappa shape index (κ1) is 13.4. The van der Waals surface area contributed by atoms with Crippen molar-refractivity contribution in [1.82, 2.24) is 5.32 Å². The topological polar surface area (TPSA) is 21.3 Å². The molecule has 0 spiro atoms. The van der Waals surface area contributed by atoms with Gasteiger partial charge in [-0.3, -0.25) is 0 Å². The van der Waals surface area contributed by atoms with Gasteiger partial charge in [-0.25, -0.2) is 0 Å². The van der Waals surface area contributed by atoms with Gasteiger partial charge in [0, 0.05) is 19.1 Å². The van der Waals surface area contributed by atoms with E-state index in [0.29, 0.717) is 6.10 Å². The molecule has 2 rings (SSSR count). The lowest BCUT2D eigenvalue weighted by molar-refractivity contribution is 0.0216. The largest absolute Gasteiger partial charge is 0.378 e. The fourth-order valence-electron chi connectivity index (χ4n) is 3.47. The molecule has 1 saturated carbocycles. The molecule has 1 aliphatic heterocycles. The Morgan fingerprint density at radius 1 is 1.12 bits per heavy atom. The minimum atomic E-state index is 0.562. The van der Waals surface area contributed by atoms with Gasteiger partial charge in [0.15, 0.2) is 0 Å². The highest BCUT2D eigenvalue weighted by Crippen LogP contribution is 2.37. The Hall–Kier alpha value is -0.0800. The van der Waals surface area contributed by atoms with Gasteiger partial charge in [0.2, 0.25) is 0 Å². The van der Waals surface area contributed by atoms with Crippen LogP contribution < -0.4 is 5.32 Å². The lowest BCUT2D eigenvalue weighted by atomic mass is 9.77. The molecule has 2 fully saturated rings. The van der Waals surface area contributed by atoms with Gasteiger partial charge in [0.1, 0.15) is 0 Å². The summed E-state index contributed by atoms with van der Waals surface area (Å²) >= 11 is 0. The Kier molecular flexibility index (Phi) is 5.30. The zero-order valence-electron chi connectivity index (χ0n) is 11.6. The Bertz CT molecular complexity index is 211. The van der Waals surface area contributed by atoms with Crippen molar-refractivity contribution in [2.75, 3.05) is 19.7 Å². The molecule has 1 N–H and O–H groups in total. The summed E-state index contributed by atoms with van der Waals surface area (Å²) in [5.74, 6) is 2.58. The Labute approximate surface area is 107 Å². The van der Waals surface area contributed by atoms with Crippen molar-refractivity contribution in [3.8, 4) is 0 Å². The molecule has 2 heteroatoms. The molecule has 2 aliphatic rings. The second kappa shape index (κ2) is 6.75. The molecule has 1 saturated heterocycles. The maximum absolute atomic E-state index is 6.03. The van der Waals surface area contributed by atoms with Crippen molar-refractivity contribution in [2.24, 2.45) is 17.8 Å². The van der Waals surface area contributed by atoms with Crippen molar-refractivity contribution in [3.63, 3.8) is 0 Å². The Balaban J connectivity index is 1.78. The molecule has 0 amide bonds. The monoisotopic (exact) mass is 239 g/mol. The van der Waals surface area contributed by atoms with E-state index in [1.54, 1.807) is 0 Å². The zero-order chi connectivity index (χ0) is 12.1. The van der Waals surface area contributed by atoms with Crippen LogP contribution in [0.4, 0.5) is 0 Å². The summed E-state index contributed by atoms with van der Waals surface area (Å²) in [6, 6.07) is 0. The molecule has 0 bridgehead atoms. The van der Waals surface area contributed by atoms with Crippen LogP contribution >= 0.6 is 0 Å². The maximum Gasteiger partial charge on any atom is 0.0644 e. The third kappa shape index (κ3) is 3.69. The lowest BCUT2D eigenvalue weighted by Crippen LogP contribution is -2.35. The van der Waals surface area contributed by atoms with E-state index in [1.165, 1.54) is 45.1 Å². The van der Waals surface area contributed by atoms with Crippen molar-refractivity contribution >= 4 is 0 Å². The maximum atomic E-state index is 6.03. The van der Waals surface area contributed by atoms with Gasteiger partial charge in [0.25, 0.3) is 0 Å². The average molecular weight is 239 g/mol. The van der Waals surface area contributed by atoms with E-state index in [-0.39, 0.29) is 0 Å². The molecule has 0 aromatic heterocycles. The first-order valence-corrected chi connectivity index (χ1v) is 7.63. The minimum absolute atomic E-state index is 0.562. The second-order valence-corrected chi connectivity index (χ2v) is 6.11. The smallest absolute Gasteiger partial charge is 0.0644 e. The minimum Gasteiger partial charge on any atom is -0.378 e. The van der Waals surface area contributed by atoms with Gasteiger partial charge >= 0.3 is 0 Å². The quantitative estimate of drug-likeness (QED) is 0.744. The lowest BCUT2D eigenvalue weighted by Gasteiger charge is -2.33. The van der Waals surface area contributed by atoms with Gasteiger partial charge < -0.3 is 10.1 Å². The highest BCUT2D eigenvalue weighted by atomic mass is 16.5. The molecule has 2 atom stereocenters. The SMILES string of the molecule is CCCNCC1CCOC1C1CCC(C)CC1. The summed E-state index contributed by atoms with van der Waals surface area (Å²) in [5, 5.41) is 3.57. The van der Waals surface area contributed by atoms with Crippen LogP contribution in [0.1, 0.15) is 52.4 Å². The molecule has 0 aromatic rings. The molecule has 1 aliphatic carbocycles. The molecule has 17 heavy (non-hydrogen) atoms. The van der Waals surface area contributed by atoms with Crippen LogP contribution in [0, 0.1) is 17.8 Å². The molecule has 0 aromatic carbocycles. The fourth-order valence-corrected chi connectivity index (χ4v) is 3.47. The second-order valence-electron chi connectivity index (χ2n) is 6.11. The van der Waals surface area contributed by atoms with Crippen LogP contribution in [0.15, 0.2) is 0 Å². The Morgan fingerprint density at radius 2 is 1.88 bits per heavy atom. The van der Waals surface area contributed by atoms with Crippen molar-refractivity contribution < 1.29 is 4.74 Å². The van der Waals surface area contributed by atoms with Crippen LogP contribution in [-0.4, -0.2) is 25.8 Å². The zero-order valence-corrected chi connectivity index (χ0v) is 11.6. The van der Waals surface area contributed by atoms with E-state index in [2.05, 4.69) is 19.2 Å². The van der Waals surface area contributed by atoms with E-state index in [0.717, 1.165) is 30.9 Å². The summed E-state index contributed by atoms with van der Waals surface area (Å²) in [6.45, 7) is 7.95. The molecule has 0 radical (unpaired) electrons. The first-order chi connectivity index (χ1) is 8.31. The summed E-state index contributed by atoms with van der Waals surface area (Å²) in [6.07, 6.45) is 8.70. The van der Waals surface area contributed by atoms with Gasteiger partial charge in [-0.15, -0.1) is 0 Å². The van der Waals surface area contributed by atoms with Crippen LogP contribution in [0.3, 0.4) is 0 Å². The summed E-state index contributed by atoms with van der Waals surface area (Å²) in [4.78, 5) is 0.